The standard InChI is InChI=1S/C13H18O6/c1-17-9-5-3-2-4-8(9)7-18-13-12(16)11(15)10(6-14)19-13/h2-5,10-16H,6-7H2,1H3/t10-,11+,12-,13?/m0/s1. The van der Waals surface area contributed by atoms with Crippen molar-refractivity contribution in [3.63, 3.8) is 0 Å². The fraction of sp³-hybridized carbons (Fsp3) is 0.538. The van der Waals surface area contributed by atoms with E-state index in [0.29, 0.717) is 5.75 Å². The van der Waals surface area contributed by atoms with E-state index in [4.69, 9.17) is 19.3 Å². The highest BCUT2D eigenvalue weighted by atomic mass is 16.7. The second kappa shape index (κ2) is 6.31. The maximum absolute atomic E-state index is 9.72. The van der Waals surface area contributed by atoms with Crippen LogP contribution in [0.3, 0.4) is 0 Å². The summed E-state index contributed by atoms with van der Waals surface area (Å²) in [5.74, 6) is 0.675. The summed E-state index contributed by atoms with van der Waals surface area (Å²) in [6.45, 7) is -0.191. The molecular formula is C13H18O6. The van der Waals surface area contributed by atoms with Crippen molar-refractivity contribution in [3.8, 4) is 5.75 Å². The molecule has 3 N–H and O–H groups in total. The van der Waals surface area contributed by atoms with E-state index in [2.05, 4.69) is 0 Å². The molecule has 4 atom stereocenters. The second-order valence-corrected chi connectivity index (χ2v) is 4.33. The van der Waals surface area contributed by atoms with Crippen LogP contribution in [-0.4, -0.2) is 53.6 Å². The molecule has 1 unspecified atom stereocenters. The highest BCUT2D eigenvalue weighted by molar-refractivity contribution is 5.32. The van der Waals surface area contributed by atoms with E-state index in [1.807, 2.05) is 18.2 Å². The summed E-state index contributed by atoms with van der Waals surface area (Å²) in [5.41, 5.74) is 0.808. The van der Waals surface area contributed by atoms with Gasteiger partial charge in [0.25, 0.3) is 0 Å². The molecule has 1 saturated heterocycles. The third-order valence-electron chi connectivity index (χ3n) is 3.09. The quantitative estimate of drug-likeness (QED) is 0.678. The molecule has 0 amide bonds. The number of methoxy groups -OCH3 is 1. The molecule has 1 fully saturated rings. The smallest absolute Gasteiger partial charge is 0.187 e. The first-order valence-corrected chi connectivity index (χ1v) is 6.03. The monoisotopic (exact) mass is 270 g/mol. The van der Waals surface area contributed by atoms with Crippen molar-refractivity contribution in [2.24, 2.45) is 0 Å². The number of rotatable bonds is 5. The number of aliphatic hydroxyl groups excluding tert-OH is 3. The van der Waals surface area contributed by atoms with Crippen LogP contribution in [0.15, 0.2) is 24.3 Å². The van der Waals surface area contributed by atoms with Crippen molar-refractivity contribution < 1.29 is 29.5 Å². The van der Waals surface area contributed by atoms with Crippen LogP contribution < -0.4 is 4.74 Å². The Bertz CT molecular complexity index is 410. The Kier molecular flexibility index (Phi) is 4.73. The summed E-state index contributed by atoms with van der Waals surface area (Å²) in [4.78, 5) is 0. The van der Waals surface area contributed by atoms with E-state index in [-0.39, 0.29) is 13.2 Å². The van der Waals surface area contributed by atoms with Gasteiger partial charge >= 0.3 is 0 Å². The van der Waals surface area contributed by atoms with E-state index in [9.17, 15) is 10.2 Å². The van der Waals surface area contributed by atoms with Crippen LogP contribution in [-0.2, 0) is 16.1 Å². The van der Waals surface area contributed by atoms with Crippen LogP contribution in [0, 0.1) is 0 Å². The number of hydrogen-bond donors (Lipinski definition) is 3. The summed E-state index contributed by atoms with van der Waals surface area (Å²) >= 11 is 0. The molecule has 1 aromatic carbocycles. The van der Waals surface area contributed by atoms with Crippen molar-refractivity contribution in [2.75, 3.05) is 13.7 Å². The molecule has 1 heterocycles. The van der Waals surface area contributed by atoms with Gasteiger partial charge in [-0.05, 0) is 6.07 Å². The molecule has 19 heavy (non-hydrogen) atoms. The molecule has 1 aliphatic rings. The van der Waals surface area contributed by atoms with Crippen LogP contribution in [0.25, 0.3) is 0 Å². The molecular weight excluding hydrogens is 252 g/mol. The lowest BCUT2D eigenvalue weighted by molar-refractivity contribution is -0.175. The van der Waals surface area contributed by atoms with Crippen molar-refractivity contribution in [1.82, 2.24) is 0 Å². The van der Waals surface area contributed by atoms with Gasteiger partial charge in [-0.15, -0.1) is 0 Å². The highest BCUT2D eigenvalue weighted by Gasteiger charge is 2.43. The Labute approximate surface area is 111 Å². The first-order chi connectivity index (χ1) is 9.17. The van der Waals surface area contributed by atoms with Gasteiger partial charge in [-0.2, -0.15) is 0 Å². The zero-order chi connectivity index (χ0) is 13.8. The lowest BCUT2D eigenvalue weighted by atomic mass is 10.1. The van der Waals surface area contributed by atoms with Gasteiger partial charge in [-0.25, -0.2) is 0 Å². The molecule has 6 heteroatoms. The lowest BCUT2D eigenvalue weighted by Gasteiger charge is -2.16. The Morgan fingerprint density at radius 1 is 1.21 bits per heavy atom. The summed E-state index contributed by atoms with van der Waals surface area (Å²) < 4.78 is 15.8. The Balaban J connectivity index is 1.96. The van der Waals surface area contributed by atoms with E-state index >= 15 is 0 Å². The third kappa shape index (κ3) is 3.05. The van der Waals surface area contributed by atoms with Gasteiger partial charge in [-0.1, -0.05) is 18.2 Å². The van der Waals surface area contributed by atoms with Crippen LogP contribution in [0.4, 0.5) is 0 Å². The molecule has 2 rings (SSSR count). The predicted octanol–water partition coefficient (Wildman–Crippen LogP) is -0.349. The van der Waals surface area contributed by atoms with Gasteiger partial charge < -0.3 is 29.5 Å². The Hall–Kier alpha value is -1.18. The first kappa shape index (κ1) is 14.2. The zero-order valence-electron chi connectivity index (χ0n) is 10.6. The minimum atomic E-state index is -1.17. The van der Waals surface area contributed by atoms with E-state index < -0.39 is 24.6 Å². The zero-order valence-corrected chi connectivity index (χ0v) is 10.6. The average Bonchev–Trinajstić information content (AvgIpc) is 2.73. The fourth-order valence-corrected chi connectivity index (χ4v) is 2.00. The number of benzene rings is 1. The molecule has 1 aliphatic heterocycles. The molecule has 0 bridgehead atoms. The van der Waals surface area contributed by atoms with Gasteiger partial charge in [0.05, 0.1) is 20.3 Å². The van der Waals surface area contributed by atoms with Crippen LogP contribution in [0.5, 0.6) is 5.75 Å². The first-order valence-electron chi connectivity index (χ1n) is 6.03. The number of para-hydroxylation sites is 1. The summed E-state index contributed by atoms with van der Waals surface area (Å²) in [5, 5.41) is 28.3. The van der Waals surface area contributed by atoms with E-state index in [1.165, 1.54) is 0 Å². The topological polar surface area (TPSA) is 88.4 Å². The molecule has 0 saturated carbocycles. The Morgan fingerprint density at radius 2 is 1.95 bits per heavy atom. The molecule has 6 nitrogen and oxygen atoms in total. The molecule has 0 aliphatic carbocycles. The van der Waals surface area contributed by atoms with Crippen molar-refractivity contribution in [2.45, 2.75) is 31.2 Å². The van der Waals surface area contributed by atoms with Gasteiger partial charge in [0.1, 0.15) is 24.1 Å². The number of hydrogen-bond acceptors (Lipinski definition) is 6. The highest BCUT2D eigenvalue weighted by Crippen LogP contribution is 2.25. The summed E-state index contributed by atoms with van der Waals surface area (Å²) in [7, 11) is 1.56. The molecule has 1 aromatic rings. The van der Waals surface area contributed by atoms with Crippen LogP contribution in [0.1, 0.15) is 5.56 Å². The van der Waals surface area contributed by atoms with Gasteiger partial charge in [0, 0.05) is 5.56 Å². The number of aliphatic hydroxyl groups is 3. The molecule has 0 radical (unpaired) electrons. The normalized spacial score (nSPS) is 30.5. The van der Waals surface area contributed by atoms with Crippen LogP contribution in [0.2, 0.25) is 0 Å². The predicted molar refractivity (Wildman–Crippen MR) is 65.5 cm³/mol. The summed E-state index contributed by atoms with van der Waals surface area (Å²) in [6, 6.07) is 7.32. The maximum atomic E-state index is 9.72. The van der Waals surface area contributed by atoms with Crippen molar-refractivity contribution >= 4 is 0 Å². The van der Waals surface area contributed by atoms with Gasteiger partial charge in [0.15, 0.2) is 6.29 Å². The molecule has 0 aromatic heterocycles. The minimum Gasteiger partial charge on any atom is -0.496 e. The SMILES string of the molecule is COc1ccccc1COC1O[C@@H](CO)[C@@H](O)[C@@H]1O. The lowest BCUT2D eigenvalue weighted by Crippen LogP contribution is -2.34. The molecule has 0 spiro atoms. The number of ether oxygens (including phenoxy) is 3. The fourth-order valence-electron chi connectivity index (χ4n) is 2.00. The second-order valence-electron chi connectivity index (χ2n) is 4.33. The van der Waals surface area contributed by atoms with E-state index in [1.54, 1.807) is 13.2 Å². The van der Waals surface area contributed by atoms with Crippen molar-refractivity contribution in [1.29, 1.82) is 0 Å². The van der Waals surface area contributed by atoms with Crippen LogP contribution >= 0.6 is 0 Å². The third-order valence-corrected chi connectivity index (χ3v) is 3.09. The largest absolute Gasteiger partial charge is 0.496 e. The van der Waals surface area contributed by atoms with Gasteiger partial charge in [-0.3, -0.25) is 0 Å². The minimum absolute atomic E-state index is 0.177. The Morgan fingerprint density at radius 3 is 2.58 bits per heavy atom. The molecule has 106 valence electrons. The van der Waals surface area contributed by atoms with Crippen molar-refractivity contribution in [3.05, 3.63) is 29.8 Å². The van der Waals surface area contributed by atoms with Gasteiger partial charge in [0.2, 0.25) is 0 Å². The summed E-state index contributed by atoms with van der Waals surface area (Å²) in [6.07, 6.45) is -4.10. The van der Waals surface area contributed by atoms with E-state index in [0.717, 1.165) is 5.56 Å². The maximum Gasteiger partial charge on any atom is 0.187 e. The average molecular weight is 270 g/mol.